The number of amides is 1. The van der Waals surface area contributed by atoms with Crippen molar-refractivity contribution in [3.63, 3.8) is 0 Å². The number of carbonyl (C=O) groups is 1. The van der Waals surface area contributed by atoms with Crippen molar-refractivity contribution in [1.82, 2.24) is 9.88 Å². The molecule has 1 saturated carbocycles. The maximum Gasteiger partial charge on any atom is 0.274 e. The van der Waals surface area contributed by atoms with E-state index >= 15 is 0 Å². The third-order valence-corrected chi connectivity index (χ3v) is 5.21. The van der Waals surface area contributed by atoms with E-state index < -0.39 is 0 Å². The van der Waals surface area contributed by atoms with Crippen LogP contribution in [-0.4, -0.2) is 28.4 Å². The minimum atomic E-state index is -0.0890. The maximum absolute atomic E-state index is 12.8. The zero-order valence-electron chi connectivity index (χ0n) is 12.6. The summed E-state index contributed by atoms with van der Waals surface area (Å²) in [4.78, 5) is 18.9. The van der Waals surface area contributed by atoms with Crippen LogP contribution in [0, 0.1) is 10.8 Å². The molecule has 1 aliphatic carbocycles. The Labute approximate surface area is 135 Å². The number of aromatic nitrogens is 1. The zero-order valence-corrected chi connectivity index (χ0v) is 14.1. The topological polar surface area (TPSA) is 33.2 Å². The lowest BCUT2D eigenvalue weighted by Crippen LogP contribution is -2.38. The Hall–Kier alpha value is -0.800. The van der Waals surface area contributed by atoms with Crippen molar-refractivity contribution >= 4 is 29.1 Å². The SMILES string of the molecule is CC1(C)CC2CC(C)(CN2C(=O)c2nc(Cl)ccc2Cl)C1. The summed E-state index contributed by atoms with van der Waals surface area (Å²) < 4.78 is 0. The number of halogens is 2. The number of hydrogen-bond donors (Lipinski definition) is 0. The highest BCUT2D eigenvalue weighted by Gasteiger charge is 2.51. The van der Waals surface area contributed by atoms with E-state index in [2.05, 4.69) is 25.8 Å². The van der Waals surface area contributed by atoms with Crippen LogP contribution in [0.15, 0.2) is 12.1 Å². The Balaban J connectivity index is 1.91. The molecule has 2 fully saturated rings. The van der Waals surface area contributed by atoms with Gasteiger partial charge in [-0.1, -0.05) is 44.0 Å². The van der Waals surface area contributed by atoms with E-state index in [9.17, 15) is 4.79 Å². The first-order valence-electron chi connectivity index (χ1n) is 7.32. The normalized spacial score (nSPS) is 30.5. The van der Waals surface area contributed by atoms with E-state index in [1.165, 1.54) is 0 Å². The van der Waals surface area contributed by atoms with Gasteiger partial charge in [-0.3, -0.25) is 4.79 Å². The highest BCUT2D eigenvalue weighted by Crippen LogP contribution is 2.52. The molecule has 0 N–H and O–H groups in total. The van der Waals surface area contributed by atoms with Crippen LogP contribution in [-0.2, 0) is 0 Å². The molecule has 0 radical (unpaired) electrons. The summed E-state index contributed by atoms with van der Waals surface area (Å²) >= 11 is 12.0. The van der Waals surface area contributed by atoms with E-state index in [4.69, 9.17) is 23.2 Å². The van der Waals surface area contributed by atoms with Crippen LogP contribution >= 0.6 is 23.2 Å². The van der Waals surface area contributed by atoms with Gasteiger partial charge in [0.2, 0.25) is 0 Å². The van der Waals surface area contributed by atoms with Gasteiger partial charge in [0.25, 0.3) is 5.91 Å². The largest absolute Gasteiger partial charge is 0.334 e. The van der Waals surface area contributed by atoms with Crippen LogP contribution in [0.4, 0.5) is 0 Å². The molecule has 0 spiro atoms. The second kappa shape index (κ2) is 4.85. The van der Waals surface area contributed by atoms with Crippen LogP contribution in [0.5, 0.6) is 0 Å². The zero-order chi connectivity index (χ0) is 15.4. The first-order chi connectivity index (χ1) is 9.69. The summed E-state index contributed by atoms with van der Waals surface area (Å²) in [6.45, 7) is 7.64. The van der Waals surface area contributed by atoms with Crippen LogP contribution in [0.25, 0.3) is 0 Å². The smallest absolute Gasteiger partial charge is 0.274 e. The molecule has 2 aliphatic rings. The number of likely N-dealkylation sites (tertiary alicyclic amines) is 1. The first kappa shape index (κ1) is 15.1. The molecule has 5 heteroatoms. The van der Waals surface area contributed by atoms with Crippen molar-refractivity contribution in [2.24, 2.45) is 10.8 Å². The molecule has 0 aromatic carbocycles. The summed E-state index contributed by atoms with van der Waals surface area (Å²) in [5.41, 5.74) is 0.754. The highest BCUT2D eigenvalue weighted by molar-refractivity contribution is 6.34. The third kappa shape index (κ3) is 2.78. The number of hydrogen-bond acceptors (Lipinski definition) is 2. The lowest BCUT2D eigenvalue weighted by Gasteiger charge is -2.39. The molecule has 1 aliphatic heterocycles. The van der Waals surface area contributed by atoms with Gasteiger partial charge in [-0.05, 0) is 42.2 Å². The Kier molecular flexibility index (Phi) is 3.49. The minimum absolute atomic E-state index is 0.0890. The number of fused-ring (bicyclic) bond motifs is 2. The lowest BCUT2D eigenvalue weighted by atomic mass is 9.65. The molecule has 2 heterocycles. The second-order valence-corrected chi connectivity index (χ2v) is 8.41. The Bertz CT molecular complexity index is 602. The highest BCUT2D eigenvalue weighted by atomic mass is 35.5. The first-order valence-corrected chi connectivity index (χ1v) is 8.08. The Morgan fingerprint density at radius 2 is 2.00 bits per heavy atom. The van der Waals surface area contributed by atoms with Gasteiger partial charge in [0.1, 0.15) is 10.8 Å². The van der Waals surface area contributed by atoms with Crippen LogP contribution in [0.3, 0.4) is 0 Å². The molecule has 21 heavy (non-hydrogen) atoms. The van der Waals surface area contributed by atoms with Gasteiger partial charge in [-0.15, -0.1) is 0 Å². The van der Waals surface area contributed by atoms with Crippen LogP contribution in [0.2, 0.25) is 10.2 Å². The average Bonchev–Trinajstić information content (AvgIpc) is 2.61. The van der Waals surface area contributed by atoms with E-state index in [1.807, 2.05) is 4.90 Å². The maximum atomic E-state index is 12.8. The third-order valence-electron chi connectivity index (χ3n) is 4.69. The second-order valence-electron chi connectivity index (χ2n) is 7.61. The molecule has 114 valence electrons. The average molecular weight is 327 g/mol. The van der Waals surface area contributed by atoms with E-state index in [0.29, 0.717) is 10.2 Å². The molecule has 1 amide bonds. The lowest BCUT2D eigenvalue weighted by molar-refractivity contribution is 0.0702. The van der Waals surface area contributed by atoms with E-state index in [0.717, 1.165) is 25.8 Å². The summed E-state index contributed by atoms with van der Waals surface area (Å²) in [7, 11) is 0. The van der Waals surface area contributed by atoms with Crippen molar-refractivity contribution in [3.05, 3.63) is 28.0 Å². The van der Waals surface area contributed by atoms with Gasteiger partial charge >= 0.3 is 0 Å². The number of pyridine rings is 1. The van der Waals surface area contributed by atoms with Crippen LogP contribution < -0.4 is 0 Å². The number of carbonyl (C=O) groups excluding carboxylic acids is 1. The van der Waals surface area contributed by atoms with Crippen molar-refractivity contribution in [2.75, 3.05) is 6.54 Å². The van der Waals surface area contributed by atoms with Crippen molar-refractivity contribution in [1.29, 1.82) is 0 Å². The van der Waals surface area contributed by atoms with Gasteiger partial charge < -0.3 is 4.90 Å². The fraction of sp³-hybridized carbons (Fsp3) is 0.625. The van der Waals surface area contributed by atoms with Crippen molar-refractivity contribution < 1.29 is 4.79 Å². The van der Waals surface area contributed by atoms with E-state index in [-0.39, 0.29) is 28.5 Å². The quantitative estimate of drug-likeness (QED) is 0.715. The van der Waals surface area contributed by atoms with Gasteiger partial charge in [0.05, 0.1) is 5.02 Å². The summed E-state index contributed by atoms with van der Waals surface area (Å²) in [5.74, 6) is -0.0890. The van der Waals surface area contributed by atoms with Gasteiger partial charge in [0.15, 0.2) is 0 Å². The number of nitrogens with zero attached hydrogens (tertiary/aromatic N) is 2. The standard InChI is InChI=1S/C16H20Cl2N2O/c1-15(2)6-10-7-16(3,8-15)9-20(10)14(21)13-11(17)4-5-12(18)19-13/h4-5,10H,6-9H2,1-3H3. The molecule has 2 atom stereocenters. The molecule has 1 saturated heterocycles. The predicted molar refractivity (Wildman–Crippen MR) is 84.8 cm³/mol. The molecule has 1 aromatic heterocycles. The molecular weight excluding hydrogens is 307 g/mol. The molecule has 2 unspecified atom stereocenters. The summed E-state index contributed by atoms with van der Waals surface area (Å²) in [5, 5.41) is 0.673. The van der Waals surface area contributed by atoms with Crippen molar-refractivity contribution in [2.45, 2.75) is 46.1 Å². The molecule has 3 nitrogen and oxygen atoms in total. The molecule has 3 rings (SSSR count). The van der Waals surface area contributed by atoms with Crippen molar-refractivity contribution in [3.8, 4) is 0 Å². The monoisotopic (exact) mass is 326 g/mol. The van der Waals surface area contributed by atoms with Gasteiger partial charge in [0, 0.05) is 12.6 Å². The van der Waals surface area contributed by atoms with Gasteiger partial charge in [-0.25, -0.2) is 4.98 Å². The fourth-order valence-electron chi connectivity index (χ4n) is 4.40. The Morgan fingerprint density at radius 1 is 1.29 bits per heavy atom. The van der Waals surface area contributed by atoms with E-state index in [1.54, 1.807) is 12.1 Å². The molecule has 2 bridgehead atoms. The van der Waals surface area contributed by atoms with Crippen LogP contribution in [0.1, 0.15) is 50.5 Å². The van der Waals surface area contributed by atoms with Gasteiger partial charge in [-0.2, -0.15) is 0 Å². The Morgan fingerprint density at radius 3 is 2.71 bits per heavy atom. The molecular formula is C16H20Cl2N2O. The number of rotatable bonds is 1. The predicted octanol–water partition coefficient (Wildman–Crippen LogP) is 4.43. The minimum Gasteiger partial charge on any atom is -0.334 e. The summed E-state index contributed by atoms with van der Waals surface area (Å²) in [6.07, 6.45) is 3.25. The fourth-order valence-corrected chi connectivity index (χ4v) is 4.74. The molecule has 1 aromatic rings. The summed E-state index contributed by atoms with van der Waals surface area (Å²) in [6, 6.07) is 3.52.